The van der Waals surface area contributed by atoms with Gasteiger partial charge in [-0.15, -0.1) is 0 Å². The van der Waals surface area contributed by atoms with E-state index < -0.39 is 0 Å². The fourth-order valence-corrected chi connectivity index (χ4v) is 2.07. The summed E-state index contributed by atoms with van der Waals surface area (Å²) in [5, 5.41) is 0.464. The van der Waals surface area contributed by atoms with E-state index in [1.165, 1.54) is 32.6 Å². The minimum atomic E-state index is -0.0221. The largest absolute Gasteiger partial charge is 0.494 e. The molecule has 2 nitrogen and oxygen atoms in total. The number of ether oxygens (including phenoxy) is 1. The zero-order chi connectivity index (χ0) is 13.4. The van der Waals surface area contributed by atoms with Gasteiger partial charge < -0.3 is 4.74 Å². The third kappa shape index (κ3) is 5.09. The molecule has 0 N–H and O–H groups in total. The summed E-state index contributed by atoms with van der Waals surface area (Å²) in [6, 6.07) is 5.23. The van der Waals surface area contributed by atoms with Gasteiger partial charge in [0.1, 0.15) is 5.75 Å². The van der Waals surface area contributed by atoms with Crippen LogP contribution >= 0.6 is 11.6 Å². The summed E-state index contributed by atoms with van der Waals surface area (Å²) in [4.78, 5) is 11.2. The van der Waals surface area contributed by atoms with Gasteiger partial charge in [0.2, 0.25) is 0 Å². The molecular weight excluding hydrogens is 248 g/mol. The van der Waals surface area contributed by atoms with Gasteiger partial charge in [0.25, 0.3) is 0 Å². The van der Waals surface area contributed by atoms with Crippen LogP contribution in [0, 0.1) is 0 Å². The Bertz CT molecular complexity index is 388. The number of hydrogen-bond acceptors (Lipinski definition) is 2. The quantitative estimate of drug-likeness (QED) is 0.495. The summed E-state index contributed by atoms with van der Waals surface area (Å²) in [5.74, 6) is 0.714. The van der Waals surface area contributed by atoms with E-state index in [9.17, 15) is 4.79 Å². The first-order valence-electron chi connectivity index (χ1n) is 6.58. The lowest BCUT2D eigenvalue weighted by atomic mass is 10.1. The van der Waals surface area contributed by atoms with Gasteiger partial charge >= 0.3 is 0 Å². The molecule has 1 aromatic carbocycles. The minimum absolute atomic E-state index is 0.0221. The predicted molar refractivity (Wildman–Crippen MR) is 75.7 cm³/mol. The van der Waals surface area contributed by atoms with Gasteiger partial charge in [0.05, 0.1) is 11.6 Å². The molecule has 0 bridgehead atoms. The highest BCUT2D eigenvalue weighted by Crippen LogP contribution is 2.23. The molecule has 0 fully saturated rings. The molecule has 0 saturated heterocycles. The molecule has 3 heteroatoms. The highest BCUT2D eigenvalue weighted by molar-refractivity contribution is 6.34. The number of rotatable bonds is 8. The number of hydrogen-bond donors (Lipinski definition) is 0. The van der Waals surface area contributed by atoms with Crippen molar-refractivity contribution in [1.29, 1.82) is 0 Å². The zero-order valence-electron chi connectivity index (χ0n) is 11.2. The van der Waals surface area contributed by atoms with Crippen molar-refractivity contribution in [3.8, 4) is 5.75 Å². The van der Waals surface area contributed by atoms with E-state index in [1.807, 2.05) is 0 Å². The van der Waals surface area contributed by atoms with Crippen LogP contribution in [0.4, 0.5) is 0 Å². The van der Waals surface area contributed by atoms with Gasteiger partial charge in [-0.1, -0.05) is 44.2 Å². The second kappa shape index (κ2) is 8.15. The van der Waals surface area contributed by atoms with E-state index in [2.05, 4.69) is 6.92 Å². The Morgan fingerprint density at radius 2 is 1.94 bits per heavy atom. The average Bonchev–Trinajstić information content (AvgIpc) is 2.33. The number of carbonyl (C=O) groups excluding carboxylic acids is 1. The second-order valence-corrected chi connectivity index (χ2v) is 4.87. The molecule has 0 heterocycles. The van der Waals surface area contributed by atoms with Gasteiger partial charge in [-0.05, 0) is 31.5 Å². The van der Waals surface area contributed by atoms with Crippen LogP contribution in [0.5, 0.6) is 5.75 Å². The van der Waals surface area contributed by atoms with E-state index in [0.29, 0.717) is 17.2 Å². The van der Waals surface area contributed by atoms with Crippen LogP contribution in [0.3, 0.4) is 0 Å². The Kier molecular flexibility index (Phi) is 6.81. The maximum Gasteiger partial charge on any atom is 0.161 e. The van der Waals surface area contributed by atoms with Crippen LogP contribution < -0.4 is 4.74 Å². The Hall–Kier alpha value is -1.02. The van der Waals surface area contributed by atoms with Crippen LogP contribution in [0.25, 0.3) is 0 Å². The Balaban J connectivity index is 2.35. The number of Topliss-reactive ketones (excluding diaryl/α,β-unsaturated/α-hetero) is 1. The molecule has 100 valence electrons. The summed E-state index contributed by atoms with van der Waals surface area (Å²) in [5.41, 5.74) is 0.548. The molecule has 0 aliphatic heterocycles. The first kappa shape index (κ1) is 15.0. The molecule has 0 atom stereocenters. The average molecular weight is 269 g/mol. The van der Waals surface area contributed by atoms with Crippen LogP contribution in [0.15, 0.2) is 18.2 Å². The molecule has 0 aromatic heterocycles. The number of carbonyl (C=O) groups is 1. The molecule has 0 amide bonds. The van der Waals surface area contributed by atoms with Crippen molar-refractivity contribution in [3.05, 3.63) is 28.8 Å². The van der Waals surface area contributed by atoms with Gasteiger partial charge in [0, 0.05) is 5.56 Å². The number of halogens is 1. The molecule has 1 aromatic rings. The monoisotopic (exact) mass is 268 g/mol. The Labute approximate surface area is 114 Å². The van der Waals surface area contributed by atoms with Crippen LogP contribution in [0.1, 0.15) is 56.3 Å². The number of benzene rings is 1. The number of ketones is 1. The summed E-state index contributed by atoms with van der Waals surface area (Å²) < 4.78 is 5.61. The third-order valence-electron chi connectivity index (χ3n) is 2.84. The lowest BCUT2D eigenvalue weighted by Gasteiger charge is -2.07. The predicted octanol–water partition coefficient (Wildman–Crippen LogP) is 4.89. The van der Waals surface area contributed by atoms with E-state index in [1.54, 1.807) is 18.2 Å². The molecule has 0 radical (unpaired) electrons. The van der Waals surface area contributed by atoms with Crippen LogP contribution in [-0.4, -0.2) is 12.4 Å². The van der Waals surface area contributed by atoms with Crippen molar-refractivity contribution in [2.75, 3.05) is 6.61 Å². The molecule has 0 aliphatic rings. The lowest BCUT2D eigenvalue weighted by molar-refractivity contribution is 0.101. The van der Waals surface area contributed by atoms with E-state index >= 15 is 0 Å². The Morgan fingerprint density at radius 3 is 2.56 bits per heavy atom. The Morgan fingerprint density at radius 1 is 1.22 bits per heavy atom. The molecule has 0 aliphatic carbocycles. The van der Waals surface area contributed by atoms with E-state index in [-0.39, 0.29) is 5.78 Å². The highest BCUT2D eigenvalue weighted by Gasteiger charge is 2.06. The van der Waals surface area contributed by atoms with Crippen molar-refractivity contribution in [1.82, 2.24) is 0 Å². The van der Waals surface area contributed by atoms with Gasteiger partial charge in [-0.2, -0.15) is 0 Å². The summed E-state index contributed by atoms with van der Waals surface area (Å²) in [7, 11) is 0. The van der Waals surface area contributed by atoms with Gasteiger partial charge in [0.15, 0.2) is 5.78 Å². The number of unbranched alkanes of at least 4 members (excludes halogenated alkanes) is 4. The first-order valence-corrected chi connectivity index (χ1v) is 6.96. The molecule has 0 saturated carbocycles. The zero-order valence-corrected chi connectivity index (χ0v) is 11.9. The van der Waals surface area contributed by atoms with Crippen LogP contribution in [0.2, 0.25) is 5.02 Å². The SMILES string of the molecule is CCCCCCCOc1ccc(C(C)=O)c(Cl)c1. The molecule has 0 unspecified atom stereocenters. The highest BCUT2D eigenvalue weighted by atomic mass is 35.5. The third-order valence-corrected chi connectivity index (χ3v) is 3.15. The van der Waals surface area contributed by atoms with Crippen molar-refractivity contribution in [2.45, 2.75) is 46.0 Å². The standard InChI is InChI=1S/C15H21ClO2/c1-3-4-5-6-7-10-18-13-8-9-14(12(2)17)15(16)11-13/h8-9,11H,3-7,10H2,1-2H3. The normalized spacial score (nSPS) is 10.4. The second-order valence-electron chi connectivity index (χ2n) is 4.46. The smallest absolute Gasteiger partial charge is 0.161 e. The van der Waals surface area contributed by atoms with Gasteiger partial charge in [-0.3, -0.25) is 4.79 Å². The van der Waals surface area contributed by atoms with Crippen molar-refractivity contribution < 1.29 is 9.53 Å². The lowest BCUT2D eigenvalue weighted by Crippen LogP contribution is -1.99. The first-order chi connectivity index (χ1) is 8.65. The summed E-state index contributed by atoms with van der Waals surface area (Å²) in [6.07, 6.45) is 6.07. The van der Waals surface area contributed by atoms with Crippen molar-refractivity contribution in [2.24, 2.45) is 0 Å². The minimum Gasteiger partial charge on any atom is -0.494 e. The maximum absolute atomic E-state index is 11.2. The van der Waals surface area contributed by atoms with E-state index in [0.717, 1.165) is 12.2 Å². The molecular formula is C15H21ClO2. The van der Waals surface area contributed by atoms with Crippen molar-refractivity contribution in [3.63, 3.8) is 0 Å². The maximum atomic E-state index is 11.2. The topological polar surface area (TPSA) is 26.3 Å². The summed E-state index contributed by atoms with van der Waals surface area (Å²) in [6.45, 7) is 4.42. The fourth-order valence-electron chi connectivity index (χ4n) is 1.77. The summed E-state index contributed by atoms with van der Waals surface area (Å²) >= 11 is 6.00. The van der Waals surface area contributed by atoms with E-state index in [4.69, 9.17) is 16.3 Å². The molecule has 0 spiro atoms. The molecule has 1 rings (SSSR count). The van der Waals surface area contributed by atoms with Crippen LogP contribution in [-0.2, 0) is 0 Å². The van der Waals surface area contributed by atoms with Crippen molar-refractivity contribution >= 4 is 17.4 Å². The van der Waals surface area contributed by atoms with Gasteiger partial charge in [-0.25, -0.2) is 0 Å². The molecule has 18 heavy (non-hydrogen) atoms. The fraction of sp³-hybridized carbons (Fsp3) is 0.533.